The molecule has 0 aliphatic carbocycles. The highest BCUT2D eigenvalue weighted by Crippen LogP contribution is 2.44. The highest BCUT2D eigenvalue weighted by atomic mass is 16.5. The average Bonchev–Trinajstić information content (AvgIpc) is 3.19. The molecule has 6 nitrogen and oxygen atoms in total. The lowest BCUT2D eigenvalue weighted by atomic mass is 9.84. The van der Waals surface area contributed by atoms with Gasteiger partial charge in [-0.3, -0.25) is 0 Å². The van der Waals surface area contributed by atoms with E-state index in [1.54, 1.807) is 4.68 Å². The maximum absolute atomic E-state index is 9.88. The van der Waals surface area contributed by atoms with E-state index in [2.05, 4.69) is 6.07 Å². The van der Waals surface area contributed by atoms with Gasteiger partial charge in [-0.2, -0.15) is 10.4 Å². The molecule has 2 heterocycles. The van der Waals surface area contributed by atoms with Crippen LogP contribution in [0.2, 0.25) is 0 Å². The Morgan fingerprint density at radius 2 is 1.67 bits per heavy atom. The van der Waals surface area contributed by atoms with E-state index in [4.69, 9.17) is 20.3 Å². The van der Waals surface area contributed by atoms with Crippen LogP contribution in [-0.4, -0.2) is 9.78 Å². The monoisotopic (exact) mass is 434 g/mol. The molecule has 1 aliphatic rings. The first-order valence-electron chi connectivity index (χ1n) is 10.6. The maximum atomic E-state index is 9.88. The first-order valence-corrected chi connectivity index (χ1v) is 10.6. The summed E-state index contributed by atoms with van der Waals surface area (Å²) in [5.41, 5.74) is 11.1. The summed E-state index contributed by atoms with van der Waals surface area (Å²) in [7, 11) is 0. The molecule has 33 heavy (non-hydrogen) atoms. The molecule has 0 saturated carbocycles. The van der Waals surface area contributed by atoms with Crippen LogP contribution in [0.3, 0.4) is 0 Å². The molecule has 0 saturated heterocycles. The molecule has 3 aromatic carbocycles. The molecule has 1 atom stereocenters. The van der Waals surface area contributed by atoms with Crippen molar-refractivity contribution in [3.8, 4) is 23.4 Å². The van der Waals surface area contributed by atoms with Crippen LogP contribution >= 0.6 is 0 Å². The largest absolute Gasteiger partial charge is 0.489 e. The summed E-state index contributed by atoms with van der Waals surface area (Å²) in [5.74, 6) is 1.00. The normalized spacial score (nSPS) is 14.8. The van der Waals surface area contributed by atoms with Crippen molar-refractivity contribution in [2.75, 3.05) is 0 Å². The number of hydrogen-bond acceptors (Lipinski definition) is 5. The lowest BCUT2D eigenvalue weighted by Gasteiger charge is -2.25. The van der Waals surface area contributed by atoms with Crippen molar-refractivity contribution in [3.05, 3.63) is 119 Å². The number of aromatic nitrogens is 2. The number of nitrogens with zero attached hydrogens (tertiary/aromatic N) is 3. The van der Waals surface area contributed by atoms with Crippen LogP contribution in [0.1, 0.15) is 28.3 Å². The van der Waals surface area contributed by atoms with Crippen molar-refractivity contribution in [2.24, 2.45) is 5.73 Å². The van der Waals surface area contributed by atoms with Gasteiger partial charge in [0.1, 0.15) is 24.0 Å². The Morgan fingerprint density at radius 1 is 1.00 bits per heavy atom. The fourth-order valence-electron chi connectivity index (χ4n) is 4.09. The van der Waals surface area contributed by atoms with E-state index >= 15 is 0 Å². The highest BCUT2D eigenvalue weighted by Gasteiger charge is 2.36. The minimum atomic E-state index is -0.376. The van der Waals surface area contributed by atoms with Crippen LogP contribution in [0.25, 0.3) is 5.69 Å². The van der Waals surface area contributed by atoms with E-state index in [0.717, 1.165) is 33.8 Å². The van der Waals surface area contributed by atoms with Crippen molar-refractivity contribution < 1.29 is 9.47 Å². The number of fused-ring (bicyclic) bond motifs is 1. The maximum Gasteiger partial charge on any atom is 0.229 e. The number of hydrogen-bond donors (Lipinski definition) is 1. The number of allylic oxidation sites excluding steroid dienone is 1. The molecule has 0 amide bonds. The summed E-state index contributed by atoms with van der Waals surface area (Å²) >= 11 is 0. The van der Waals surface area contributed by atoms with Gasteiger partial charge < -0.3 is 15.2 Å². The van der Waals surface area contributed by atoms with Gasteiger partial charge >= 0.3 is 0 Å². The second-order valence-corrected chi connectivity index (χ2v) is 7.82. The molecule has 4 aromatic rings. The van der Waals surface area contributed by atoms with Gasteiger partial charge in [0, 0.05) is 0 Å². The van der Waals surface area contributed by atoms with Crippen LogP contribution in [0, 0.1) is 18.3 Å². The van der Waals surface area contributed by atoms with E-state index < -0.39 is 0 Å². The summed E-state index contributed by atoms with van der Waals surface area (Å²) in [4.78, 5) is 0. The Kier molecular flexibility index (Phi) is 5.29. The molecular weight excluding hydrogens is 412 g/mol. The van der Waals surface area contributed by atoms with Gasteiger partial charge in [0.15, 0.2) is 0 Å². The lowest BCUT2D eigenvalue weighted by Crippen LogP contribution is -2.22. The number of rotatable bonds is 5. The van der Waals surface area contributed by atoms with E-state index in [1.165, 1.54) is 0 Å². The molecule has 0 radical (unpaired) electrons. The first kappa shape index (κ1) is 20.4. The van der Waals surface area contributed by atoms with Crippen LogP contribution < -0.4 is 15.2 Å². The van der Waals surface area contributed by atoms with Crippen LogP contribution in [0.4, 0.5) is 0 Å². The van der Waals surface area contributed by atoms with Gasteiger partial charge in [-0.25, -0.2) is 4.68 Å². The second kappa shape index (κ2) is 8.56. The Morgan fingerprint density at radius 3 is 2.33 bits per heavy atom. The van der Waals surface area contributed by atoms with Gasteiger partial charge in [-0.15, -0.1) is 0 Å². The Hall–Kier alpha value is -4.50. The predicted octanol–water partition coefficient (Wildman–Crippen LogP) is 4.98. The smallest absolute Gasteiger partial charge is 0.229 e. The third kappa shape index (κ3) is 3.81. The second-order valence-electron chi connectivity index (χ2n) is 7.82. The summed E-state index contributed by atoms with van der Waals surface area (Å²) < 4.78 is 13.6. The van der Waals surface area contributed by atoms with Crippen molar-refractivity contribution in [1.29, 1.82) is 5.26 Å². The number of nitriles is 1. The Bertz CT molecular complexity index is 1350. The molecule has 0 fully saturated rings. The average molecular weight is 434 g/mol. The lowest BCUT2D eigenvalue weighted by molar-refractivity contribution is 0.306. The van der Waals surface area contributed by atoms with E-state index in [1.807, 2.05) is 91.9 Å². The Balaban J connectivity index is 1.50. The molecule has 1 unspecified atom stereocenters. The fraction of sp³-hybridized carbons (Fsp3) is 0.111. The molecular formula is C27H22N4O2. The number of aryl methyl sites for hydroxylation is 1. The molecule has 162 valence electrons. The fourth-order valence-corrected chi connectivity index (χ4v) is 4.09. The minimum absolute atomic E-state index is 0.0940. The number of para-hydroxylation sites is 1. The third-order valence-electron chi connectivity index (χ3n) is 5.69. The zero-order valence-electron chi connectivity index (χ0n) is 18.1. The van der Waals surface area contributed by atoms with E-state index in [-0.39, 0.29) is 11.8 Å². The molecule has 5 rings (SSSR count). The SMILES string of the molecule is Cc1nn(-c2ccccc2)c2c1C(c1ccc(OCc3ccccc3)cc1)C(C#N)=C(N)O2. The molecule has 0 bridgehead atoms. The topological polar surface area (TPSA) is 86.1 Å². The van der Waals surface area contributed by atoms with Crippen LogP contribution in [-0.2, 0) is 6.61 Å². The molecule has 6 heteroatoms. The summed E-state index contributed by atoms with van der Waals surface area (Å²) in [6, 6.07) is 29.7. The van der Waals surface area contributed by atoms with Crippen molar-refractivity contribution in [2.45, 2.75) is 19.4 Å². The number of ether oxygens (including phenoxy) is 2. The minimum Gasteiger partial charge on any atom is -0.489 e. The van der Waals surface area contributed by atoms with Crippen LogP contribution in [0.15, 0.2) is 96.4 Å². The zero-order chi connectivity index (χ0) is 22.8. The van der Waals surface area contributed by atoms with Crippen molar-refractivity contribution in [1.82, 2.24) is 9.78 Å². The first-order chi connectivity index (χ1) is 16.2. The highest BCUT2D eigenvalue weighted by molar-refractivity contribution is 5.57. The molecule has 1 aromatic heterocycles. The summed E-state index contributed by atoms with van der Waals surface area (Å²) in [6.07, 6.45) is 0. The van der Waals surface area contributed by atoms with E-state index in [9.17, 15) is 5.26 Å². The van der Waals surface area contributed by atoms with Crippen molar-refractivity contribution in [3.63, 3.8) is 0 Å². The molecule has 0 spiro atoms. The molecule has 2 N–H and O–H groups in total. The van der Waals surface area contributed by atoms with Crippen LogP contribution in [0.5, 0.6) is 11.6 Å². The van der Waals surface area contributed by atoms with E-state index in [0.29, 0.717) is 18.1 Å². The number of benzene rings is 3. The van der Waals surface area contributed by atoms with Gasteiger partial charge in [-0.05, 0) is 42.3 Å². The third-order valence-corrected chi connectivity index (χ3v) is 5.69. The standard InChI is InChI=1S/C27H22N4O2/c1-18-24-25(20-12-14-22(15-13-20)32-17-19-8-4-2-5-9-19)23(16-28)26(29)33-27(24)31(30-18)21-10-6-3-7-11-21/h2-15,25H,17,29H2,1H3. The number of nitrogens with two attached hydrogens (primary N) is 1. The predicted molar refractivity (Wildman–Crippen MR) is 125 cm³/mol. The van der Waals surface area contributed by atoms with Gasteiger partial charge in [0.05, 0.1) is 22.9 Å². The summed E-state index contributed by atoms with van der Waals surface area (Å²) in [5, 5.41) is 14.6. The van der Waals surface area contributed by atoms with Gasteiger partial charge in [-0.1, -0.05) is 60.7 Å². The molecule has 1 aliphatic heterocycles. The quantitative estimate of drug-likeness (QED) is 0.479. The Labute approximate surface area is 192 Å². The zero-order valence-corrected chi connectivity index (χ0v) is 18.1. The van der Waals surface area contributed by atoms with Crippen molar-refractivity contribution >= 4 is 0 Å². The summed E-state index contributed by atoms with van der Waals surface area (Å²) in [6.45, 7) is 2.41. The van der Waals surface area contributed by atoms with Gasteiger partial charge in [0.2, 0.25) is 11.8 Å². The van der Waals surface area contributed by atoms with Gasteiger partial charge in [0.25, 0.3) is 0 Å².